The van der Waals surface area contributed by atoms with E-state index in [1.54, 1.807) is 24.3 Å². The van der Waals surface area contributed by atoms with Crippen molar-refractivity contribution in [2.24, 2.45) is 0 Å². The van der Waals surface area contributed by atoms with Crippen LogP contribution in [0.1, 0.15) is 5.56 Å². The molecule has 5 nitrogen and oxygen atoms in total. The third kappa shape index (κ3) is 4.05. The van der Waals surface area contributed by atoms with Gasteiger partial charge in [-0.1, -0.05) is 59.6 Å². The largest absolute Gasteiger partial charge is 0.324 e. The summed E-state index contributed by atoms with van der Waals surface area (Å²) in [6.45, 7) is 1.79. The molecule has 0 spiro atoms. The highest BCUT2D eigenvalue weighted by molar-refractivity contribution is 6.30. The first-order valence-electron chi connectivity index (χ1n) is 9.13. The van der Waals surface area contributed by atoms with Crippen molar-refractivity contribution >= 4 is 34.0 Å². The van der Waals surface area contributed by atoms with Crippen LogP contribution < -0.4 is 10.9 Å². The molecule has 1 aromatic heterocycles. The molecule has 0 aliphatic heterocycles. The molecule has 0 fully saturated rings. The summed E-state index contributed by atoms with van der Waals surface area (Å²) in [5.41, 5.74) is 2.91. The van der Waals surface area contributed by atoms with Gasteiger partial charge in [-0.15, -0.1) is 0 Å². The highest BCUT2D eigenvalue weighted by atomic mass is 35.5. The fourth-order valence-corrected chi connectivity index (χ4v) is 3.26. The third-order valence-corrected chi connectivity index (χ3v) is 4.87. The molecule has 0 aliphatic carbocycles. The van der Waals surface area contributed by atoms with Crippen LogP contribution in [0, 0.1) is 6.92 Å². The average Bonchev–Trinajstić information content (AvgIpc) is 2.73. The lowest BCUT2D eigenvalue weighted by molar-refractivity contribution is -0.117. The first-order valence-corrected chi connectivity index (χ1v) is 9.51. The predicted octanol–water partition coefficient (Wildman–Crippen LogP) is 4.66. The number of carbonyl (C=O) groups excluding carboxylic acids is 1. The van der Waals surface area contributed by atoms with Crippen molar-refractivity contribution in [3.05, 3.63) is 93.7 Å². The van der Waals surface area contributed by atoms with E-state index in [2.05, 4.69) is 10.4 Å². The fraction of sp³-hybridized carbons (Fsp3) is 0.0870. The van der Waals surface area contributed by atoms with Crippen LogP contribution >= 0.6 is 11.6 Å². The summed E-state index contributed by atoms with van der Waals surface area (Å²) in [7, 11) is 0. The molecule has 0 atom stereocenters. The van der Waals surface area contributed by atoms with E-state index in [9.17, 15) is 9.59 Å². The number of rotatable bonds is 4. The van der Waals surface area contributed by atoms with Gasteiger partial charge in [0, 0.05) is 21.7 Å². The molecule has 3 aromatic carbocycles. The minimum atomic E-state index is -0.319. The van der Waals surface area contributed by atoms with Gasteiger partial charge in [0.25, 0.3) is 5.56 Å². The second kappa shape index (κ2) is 7.89. The van der Waals surface area contributed by atoms with E-state index in [0.29, 0.717) is 21.8 Å². The lowest BCUT2D eigenvalue weighted by Gasteiger charge is -2.12. The predicted molar refractivity (Wildman–Crippen MR) is 116 cm³/mol. The zero-order chi connectivity index (χ0) is 20.4. The van der Waals surface area contributed by atoms with E-state index in [0.717, 1.165) is 16.5 Å². The molecule has 1 heterocycles. The van der Waals surface area contributed by atoms with Gasteiger partial charge in [0.2, 0.25) is 5.91 Å². The molecule has 6 heteroatoms. The van der Waals surface area contributed by atoms with Crippen LogP contribution in [0.2, 0.25) is 5.02 Å². The minimum Gasteiger partial charge on any atom is -0.324 e. The molecular formula is C23H18ClN3O2. The quantitative estimate of drug-likeness (QED) is 0.538. The van der Waals surface area contributed by atoms with Gasteiger partial charge >= 0.3 is 0 Å². The van der Waals surface area contributed by atoms with Gasteiger partial charge in [-0.2, -0.15) is 5.10 Å². The van der Waals surface area contributed by atoms with Crippen molar-refractivity contribution in [2.45, 2.75) is 13.5 Å². The Kier molecular flexibility index (Phi) is 5.14. The van der Waals surface area contributed by atoms with Crippen LogP contribution in [-0.4, -0.2) is 15.7 Å². The number of fused-ring (bicyclic) bond motifs is 1. The van der Waals surface area contributed by atoms with Crippen LogP contribution in [0.25, 0.3) is 22.0 Å². The van der Waals surface area contributed by atoms with Gasteiger partial charge in [-0.05, 0) is 37.3 Å². The number of aromatic nitrogens is 2. The zero-order valence-corrected chi connectivity index (χ0v) is 16.5. The maximum atomic E-state index is 12.9. The van der Waals surface area contributed by atoms with E-state index < -0.39 is 0 Å². The first kappa shape index (κ1) is 18.9. The van der Waals surface area contributed by atoms with Crippen LogP contribution in [0.15, 0.2) is 77.6 Å². The summed E-state index contributed by atoms with van der Waals surface area (Å²) in [6.07, 6.45) is 0. The summed E-state index contributed by atoms with van der Waals surface area (Å²) in [4.78, 5) is 25.4. The molecule has 4 aromatic rings. The van der Waals surface area contributed by atoms with Crippen LogP contribution in [-0.2, 0) is 11.3 Å². The molecule has 144 valence electrons. The zero-order valence-electron chi connectivity index (χ0n) is 15.7. The van der Waals surface area contributed by atoms with Gasteiger partial charge < -0.3 is 5.32 Å². The van der Waals surface area contributed by atoms with Crippen molar-refractivity contribution in [1.82, 2.24) is 9.78 Å². The Hall–Kier alpha value is -3.44. The van der Waals surface area contributed by atoms with E-state index in [4.69, 9.17) is 11.6 Å². The number of amides is 1. The third-order valence-electron chi connectivity index (χ3n) is 4.61. The average molecular weight is 404 g/mol. The van der Waals surface area contributed by atoms with Crippen LogP contribution in [0.5, 0.6) is 0 Å². The number of hydrogen-bond acceptors (Lipinski definition) is 3. The molecule has 0 unspecified atom stereocenters. The van der Waals surface area contributed by atoms with Crippen LogP contribution in [0.3, 0.4) is 0 Å². The Balaban J connectivity index is 1.73. The van der Waals surface area contributed by atoms with Gasteiger partial charge in [-0.3, -0.25) is 9.59 Å². The summed E-state index contributed by atoms with van der Waals surface area (Å²) in [5.74, 6) is -0.319. The number of anilines is 1. The standard InChI is InChI=1S/C23H18ClN3O2/c1-15-6-12-18(13-7-15)25-21(28)14-27-23(29)20-5-3-2-4-19(20)22(26-27)16-8-10-17(24)11-9-16/h2-13H,14H2,1H3,(H,25,28). The summed E-state index contributed by atoms with van der Waals surface area (Å²) in [6, 6.07) is 22.0. The van der Waals surface area contributed by atoms with Crippen molar-refractivity contribution in [3.8, 4) is 11.3 Å². The molecule has 0 bridgehead atoms. The first-order chi connectivity index (χ1) is 14.0. The molecular weight excluding hydrogens is 386 g/mol. The molecule has 0 radical (unpaired) electrons. The van der Waals surface area contributed by atoms with Crippen molar-refractivity contribution < 1.29 is 4.79 Å². The SMILES string of the molecule is Cc1ccc(NC(=O)Cn2nc(-c3ccc(Cl)cc3)c3ccccc3c2=O)cc1. The summed E-state index contributed by atoms with van der Waals surface area (Å²) < 4.78 is 1.20. The molecule has 0 saturated heterocycles. The summed E-state index contributed by atoms with van der Waals surface area (Å²) in [5, 5.41) is 9.16. The van der Waals surface area contributed by atoms with Gasteiger partial charge in [0.1, 0.15) is 6.54 Å². The Bertz CT molecular complexity index is 1250. The Morgan fingerprint density at radius 1 is 0.966 bits per heavy atom. The van der Waals surface area contributed by atoms with Gasteiger partial charge in [0.15, 0.2) is 0 Å². The van der Waals surface area contributed by atoms with Crippen LogP contribution in [0.4, 0.5) is 5.69 Å². The molecule has 0 aliphatic rings. The topological polar surface area (TPSA) is 64.0 Å². The molecule has 0 saturated carbocycles. The molecule has 29 heavy (non-hydrogen) atoms. The maximum absolute atomic E-state index is 12.9. The highest BCUT2D eigenvalue weighted by Gasteiger charge is 2.14. The van der Waals surface area contributed by atoms with E-state index in [1.165, 1.54) is 4.68 Å². The Labute approximate surface area is 172 Å². The number of benzene rings is 3. The molecule has 4 rings (SSSR count). The van der Waals surface area contributed by atoms with Crippen molar-refractivity contribution in [1.29, 1.82) is 0 Å². The number of nitrogens with zero attached hydrogens (tertiary/aromatic N) is 2. The minimum absolute atomic E-state index is 0.182. The highest BCUT2D eigenvalue weighted by Crippen LogP contribution is 2.25. The van der Waals surface area contributed by atoms with E-state index in [1.807, 2.05) is 55.5 Å². The fourth-order valence-electron chi connectivity index (χ4n) is 3.14. The normalized spacial score (nSPS) is 10.8. The number of carbonyl (C=O) groups is 1. The van der Waals surface area contributed by atoms with Gasteiger partial charge in [0.05, 0.1) is 11.1 Å². The van der Waals surface area contributed by atoms with E-state index >= 15 is 0 Å². The number of nitrogens with one attached hydrogen (secondary N) is 1. The lowest BCUT2D eigenvalue weighted by atomic mass is 10.1. The Morgan fingerprint density at radius 2 is 1.62 bits per heavy atom. The number of aryl methyl sites for hydroxylation is 1. The molecule has 1 amide bonds. The van der Waals surface area contributed by atoms with Gasteiger partial charge in [-0.25, -0.2) is 4.68 Å². The monoisotopic (exact) mass is 403 g/mol. The smallest absolute Gasteiger partial charge is 0.275 e. The van der Waals surface area contributed by atoms with Crippen molar-refractivity contribution in [2.75, 3.05) is 5.32 Å². The number of hydrogen-bond donors (Lipinski definition) is 1. The second-order valence-electron chi connectivity index (χ2n) is 6.78. The van der Waals surface area contributed by atoms with E-state index in [-0.39, 0.29) is 18.0 Å². The Morgan fingerprint density at radius 3 is 2.31 bits per heavy atom. The molecule has 1 N–H and O–H groups in total. The second-order valence-corrected chi connectivity index (χ2v) is 7.21. The summed E-state index contributed by atoms with van der Waals surface area (Å²) >= 11 is 6.00. The number of halogens is 1. The lowest BCUT2D eigenvalue weighted by Crippen LogP contribution is -2.30. The maximum Gasteiger partial charge on any atom is 0.275 e. The van der Waals surface area contributed by atoms with Crippen molar-refractivity contribution in [3.63, 3.8) is 0 Å².